The van der Waals surface area contributed by atoms with E-state index in [9.17, 15) is 9.59 Å². The summed E-state index contributed by atoms with van der Waals surface area (Å²) in [5.41, 5.74) is 0.158. The van der Waals surface area contributed by atoms with Crippen LogP contribution in [0.1, 0.15) is 25.5 Å². The molecule has 0 saturated heterocycles. The summed E-state index contributed by atoms with van der Waals surface area (Å²) in [6.45, 7) is 2.33. The molecule has 0 saturated carbocycles. The van der Waals surface area contributed by atoms with Crippen LogP contribution in [0.3, 0.4) is 0 Å². The van der Waals surface area contributed by atoms with Gasteiger partial charge in [0.2, 0.25) is 0 Å². The highest BCUT2D eigenvalue weighted by atomic mass is 16.5. The van der Waals surface area contributed by atoms with Gasteiger partial charge in [-0.1, -0.05) is 13.3 Å². The van der Waals surface area contributed by atoms with Crippen LogP contribution in [0.5, 0.6) is 0 Å². The van der Waals surface area contributed by atoms with E-state index in [0.717, 1.165) is 12.8 Å². The van der Waals surface area contributed by atoms with Crippen LogP contribution in [0.25, 0.3) is 0 Å². The molecule has 0 aromatic carbocycles. The molecule has 0 spiro atoms. The second-order valence-electron chi connectivity index (χ2n) is 4.19. The fourth-order valence-electron chi connectivity index (χ4n) is 1.49. The standard InChI is InChI=1S/C14H19N3O4/c1-3-4-8-21-11(18)9-17-10-6-5-7-16-13(10)12(15)14(19)20-2/h5-7,15,17H,3-4,8-9H2,1-2H3. The Balaban J connectivity index is 2.65. The zero-order valence-electron chi connectivity index (χ0n) is 12.1. The molecule has 2 N–H and O–H groups in total. The van der Waals surface area contributed by atoms with Gasteiger partial charge < -0.3 is 14.8 Å². The van der Waals surface area contributed by atoms with Crippen LogP contribution >= 0.6 is 0 Å². The smallest absolute Gasteiger partial charge is 0.358 e. The van der Waals surface area contributed by atoms with Crippen LogP contribution in [0.4, 0.5) is 5.69 Å². The Labute approximate surface area is 123 Å². The lowest BCUT2D eigenvalue weighted by Gasteiger charge is -2.10. The van der Waals surface area contributed by atoms with Gasteiger partial charge in [-0.2, -0.15) is 0 Å². The Bertz CT molecular complexity index is 517. The fourth-order valence-corrected chi connectivity index (χ4v) is 1.49. The maximum absolute atomic E-state index is 11.5. The van der Waals surface area contributed by atoms with E-state index in [1.165, 1.54) is 13.3 Å². The average molecular weight is 293 g/mol. The van der Waals surface area contributed by atoms with E-state index < -0.39 is 11.9 Å². The summed E-state index contributed by atoms with van der Waals surface area (Å²) in [5.74, 6) is -1.19. The number of nitrogens with one attached hydrogen (secondary N) is 2. The highest BCUT2D eigenvalue weighted by Crippen LogP contribution is 2.13. The molecule has 0 radical (unpaired) electrons. The molecule has 0 bridgehead atoms. The molecule has 0 aliphatic carbocycles. The molecule has 0 unspecified atom stereocenters. The van der Waals surface area contributed by atoms with E-state index in [2.05, 4.69) is 15.0 Å². The van der Waals surface area contributed by atoms with Gasteiger partial charge >= 0.3 is 11.9 Å². The number of hydrogen-bond donors (Lipinski definition) is 2. The van der Waals surface area contributed by atoms with Gasteiger partial charge in [-0.3, -0.25) is 15.2 Å². The number of carbonyl (C=O) groups excluding carboxylic acids is 2. The largest absolute Gasteiger partial charge is 0.464 e. The molecule has 1 heterocycles. The van der Waals surface area contributed by atoms with Crippen LogP contribution < -0.4 is 5.32 Å². The van der Waals surface area contributed by atoms with Crippen LogP contribution in [-0.4, -0.2) is 42.9 Å². The van der Waals surface area contributed by atoms with Gasteiger partial charge in [-0.25, -0.2) is 4.79 Å². The average Bonchev–Trinajstić information content (AvgIpc) is 2.52. The van der Waals surface area contributed by atoms with E-state index in [1.54, 1.807) is 12.1 Å². The van der Waals surface area contributed by atoms with Crippen LogP contribution in [0.15, 0.2) is 18.3 Å². The van der Waals surface area contributed by atoms with Crippen LogP contribution in [0, 0.1) is 5.41 Å². The first-order valence-corrected chi connectivity index (χ1v) is 6.61. The van der Waals surface area contributed by atoms with Crippen molar-refractivity contribution in [3.05, 3.63) is 24.0 Å². The van der Waals surface area contributed by atoms with Gasteiger partial charge in [0.1, 0.15) is 12.2 Å². The fraction of sp³-hybridized carbons (Fsp3) is 0.429. The van der Waals surface area contributed by atoms with Crippen molar-refractivity contribution in [3.8, 4) is 0 Å². The molecular weight excluding hydrogens is 274 g/mol. The van der Waals surface area contributed by atoms with Crippen molar-refractivity contribution in [1.29, 1.82) is 5.41 Å². The number of carbonyl (C=O) groups is 2. The molecule has 0 aliphatic rings. The van der Waals surface area contributed by atoms with Gasteiger partial charge in [0.25, 0.3) is 0 Å². The van der Waals surface area contributed by atoms with Crippen molar-refractivity contribution in [2.24, 2.45) is 0 Å². The maximum atomic E-state index is 11.5. The first kappa shape index (κ1) is 16.6. The highest BCUT2D eigenvalue weighted by Gasteiger charge is 2.17. The van der Waals surface area contributed by atoms with Gasteiger partial charge in [-0.05, 0) is 18.6 Å². The molecule has 0 atom stereocenters. The summed E-state index contributed by atoms with van der Waals surface area (Å²) in [6, 6.07) is 3.26. The highest BCUT2D eigenvalue weighted by molar-refractivity contribution is 6.42. The monoisotopic (exact) mass is 293 g/mol. The van der Waals surface area contributed by atoms with Gasteiger partial charge in [-0.15, -0.1) is 0 Å². The third-order valence-electron chi connectivity index (χ3n) is 2.62. The topological polar surface area (TPSA) is 101 Å². The first-order valence-electron chi connectivity index (χ1n) is 6.61. The molecule has 1 aromatic heterocycles. The van der Waals surface area contributed by atoms with Gasteiger partial charge in [0, 0.05) is 6.20 Å². The summed E-state index contributed by atoms with van der Waals surface area (Å²) in [4.78, 5) is 26.8. The zero-order valence-corrected chi connectivity index (χ0v) is 12.1. The van der Waals surface area contributed by atoms with Crippen LogP contribution in [0.2, 0.25) is 0 Å². The lowest BCUT2D eigenvalue weighted by molar-refractivity contribution is -0.141. The summed E-state index contributed by atoms with van der Waals surface area (Å²) < 4.78 is 9.50. The normalized spacial score (nSPS) is 9.81. The van der Waals surface area contributed by atoms with Crippen molar-refractivity contribution in [2.45, 2.75) is 19.8 Å². The Morgan fingerprint density at radius 1 is 1.43 bits per heavy atom. The summed E-state index contributed by atoms with van der Waals surface area (Å²) >= 11 is 0. The molecule has 0 fully saturated rings. The third-order valence-corrected chi connectivity index (χ3v) is 2.62. The Morgan fingerprint density at radius 3 is 2.86 bits per heavy atom. The Morgan fingerprint density at radius 2 is 2.19 bits per heavy atom. The van der Waals surface area contributed by atoms with Crippen molar-refractivity contribution in [1.82, 2.24) is 4.98 Å². The minimum atomic E-state index is -0.790. The third kappa shape index (κ3) is 5.21. The quantitative estimate of drug-likeness (QED) is 0.426. The maximum Gasteiger partial charge on any atom is 0.358 e. The number of unbranched alkanes of at least 4 members (excludes halogenated alkanes) is 1. The molecule has 7 heteroatoms. The number of methoxy groups -OCH3 is 1. The number of aromatic nitrogens is 1. The van der Waals surface area contributed by atoms with Gasteiger partial charge in [0.05, 0.1) is 19.4 Å². The van der Waals surface area contributed by atoms with Gasteiger partial charge in [0.15, 0.2) is 5.71 Å². The number of ether oxygens (including phenoxy) is 2. The molecule has 7 nitrogen and oxygen atoms in total. The molecule has 114 valence electrons. The van der Waals surface area contributed by atoms with Crippen molar-refractivity contribution in [3.63, 3.8) is 0 Å². The van der Waals surface area contributed by atoms with Crippen molar-refractivity contribution >= 4 is 23.3 Å². The molecule has 0 amide bonds. The number of pyridine rings is 1. The Kier molecular flexibility index (Phi) is 6.86. The van der Waals surface area contributed by atoms with E-state index in [1.807, 2.05) is 6.92 Å². The van der Waals surface area contributed by atoms with E-state index in [0.29, 0.717) is 12.3 Å². The predicted molar refractivity (Wildman–Crippen MR) is 77.4 cm³/mol. The summed E-state index contributed by atoms with van der Waals surface area (Å²) in [6.07, 6.45) is 3.22. The number of esters is 2. The number of nitrogens with zero attached hydrogens (tertiary/aromatic N) is 1. The lowest BCUT2D eigenvalue weighted by atomic mass is 10.2. The summed E-state index contributed by atoms with van der Waals surface area (Å²) in [7, 11) is 1.19. The number of rotatable bonds is 8. The SMILES string of the molecule is CCCCOC(=O)CNc1cccnc1C(=N)C(=O)OC. The van der Waals surface area contributed by atoms with E-state index >= 15 is 0 Å². The molecule has 1 rings (SSSR count). The molecular formula is C14H19N3O4. The minimum absolute atomic E-state index is 0.0587. The zero-order chi connectivity index (χ0) is 15.7. The van der Waals surface area contributed by atoms with Crippen molar-refractivity contribution < 1.29 is 19.1 Å². The lowest BCUT2D eigenvalue weighted by Crippen LogP contribution is -2.22. The van der Waals surface area contributed by atoms with E-state index in [-0.39, 0.29) is 18.0 Å². The molecule has 1 aromatic rings. The van der Waals surface area contributed by atoms with Crippen molar-refractivity contribution in [2.75, 3.05) is 25.6 Å². The molecule has 0 aliphatic heterocycles. The first-order chi connectivity index (χ1) is 10.1. The van der Waals surface area contributed by atoms with E-state index in [4.69, 9.17) is 10.1 Å². The predicted octanol–water partition coefficient (Wildman–Crippen LogP) is 1.38. The second kappa shape index (κ2) is 8.68. The summed E-state index contributed by atoms with van der Waals surface area (Å²) in [5, 5.41) is 10.5. The molecule has 21 heavy (non-hydrogen) atoms. The number of hydrogen-bond acceptors (Lipinski definition) is 7. The second-order valence-corrected chi connectivity index (χ2v) is 4.19. The van der Waals surface area contributed by atoms with Crippen LogP contribution in [-0.2, 0) is 19.1 Å². The Hall–Kier alpha value is -2.44. The number of anilines is 1. The minimum Gasteiger partial charge on any atom is -0.464 e.